The molecule has 3 aromatic rings. The molecular formula is C29H36N2O3S. The zero-order valence-electron chi connectivity index (χ0n) is 20.7. The minimum Gasteiger partial charge on any atom is -0.494 e. The van der Waals surface area contributed by atoms with E-state index >= 15 is 0 Å². The zero-order chi connectivity index (χ0) is 24.7. The largest absolute Gasteiger partial charge is 0.494 e. The van der Waals surface area contributed by atoms with Gasteiger partial charge in [-0.05, 0) is 67.0 Å². The Morgan fingerprint density at radius 3 is 2.26 bits per heavy atom. The van der Waals surface area contributed by atoms with Gasteiger partial charge in [0.25, 0.3) is 0 Å². The third-order valence-electron chi connectivity index (χ3n) is 7.03. The summed E-state index contributed by atoms with van der Waals surface area (Å²) in [7, 11) is -3.27. The molecule has 0 atom stereocenters. The lowest BCUT2D eigenvalue weighted by molar-refractivity contribution is 0.244. The fraction of sp³-hybridized carbons (Fsp3) is 0.379. The Kier molecular flexibility index (Phi) is 8.26. The fourth-order valence-electron chi connectivity index (χ4n) is 5.00. The molecule has 0 amide bonds. The molecule has 1 aliphatic rings. The molecule has 0 heterocycles. The molecule has 35 heavy (non-hydrogen) atoms. The molecule has 5 nitrogen and oxygen atoms in total. The van der Waals surface area contributed by atoms with E-state index in [1.54, 1.807) is 0 Å². The van der Waals surface area contributed by atoms with Crippen LogP contribution in [0.3, 0.4) is 0 Å². The smallest absolute Gasteiger partial charge is 0.208 e. The maximum Gasteiger partial charge on any atom is 0.208 e. The number of sulfonamides is 1. The van der Waals surface area contributed by atoms with Crippen molar-refractivity contribution < 1.29 is 13.2 Å². The predicted octanol–water partition coefficient (Wildman–Crippen LogP) is 5.27. The lowest BCUT2D eigenvalue weighted by atomic mass is 9.68. The van der Waals surface area contributed by atoms with Crippen molar-refractivity contribution >= 4 is 10.0 Å². The molecule has 0 unspecified atom stereocenters. The Bertz CT molecular complexity index is 1190. The monoisotopic (exact) mass is 492 g/mol. The molecule has 3 aromatic carbocycles. The quantitative estimate of drug-likeness (QED) is 0.405. The highest BCUT2D eigenvalue weighted by Gasteiger charge is 2.37. The van der Waals surface area contributed by atoms with Crippen molar-refractivity contribution in [2.45, 2.75) is 50.6 Å². The maximum absolute atomic E-state index is 11.9. The number of rotatable bonds is 10. The number of hydrogen-bond donors (Lipinski definition) is 2. The molecule has 4 rings (SSSR count). The van der Waals surface area contributed by atoms with Crippen LogP contribution >= 0.6 is 0 Å². The van der Waals surface area contributed by atoms with Crippen LogP contribution in [-0.4, -0.2) is 33.9 Å². The van der Waals surface area contributed by atoms with Crippen LogP contribution in [0.15, 0.2) is 78.9 Å². The summed E-state index contributed by atoms with van der Waals surface area (Å²) in [6.07, 6.45) is 5.04. The van der Waals surface area contributed by atoms with Gasteiger partial charge in [0.2, 0.25) is 10.0 Å². The molecular weight excluding hydrogens is 456 g/mol. The summed E-state index contributed by atoms with van der Waals surface area (Å²) in [5.74, 6) is 0.836. The summed E-state index contributed by atoms with van der Waals surface area (Å²) in [4.78, 5) is 0. The average Bonchev–Trinajstić information content (AvgIpc) is 2.88. The molecule has 0 aliphatic heterocycles. The zero-order valence-corrected chi connectivity index (χ0v) is 21.5. The van der Waals surface area contributed by atoms with Gasteiger partial charge in [-0.15, -0.1) is 0 Å². The summed E-state index contributed by atoms with van der Waals surface area (Å²) in [6, 6.07) is 27.7. The van der Waals surface area contributed by atoms with Crippen LogP contribution < -0.4 is 14.8 Å². The van der Waals surface area contributed by atoms with Crippen LogP contribution in [-0.2, 0) is 22.0 Å². The van der Waals surface area contributed by atoms with Gasteiger partial charge in [0.05, 0.1) is 12.9 Å². The Morgan fingerprint density at radius 1 is 0.914 bits per heavy atom. The molecule has 6 heteroatoms. The van der Waals surface area contributed by atoms with E-state index < -0.39 is 10.0 Å². The third kappa shape index (κ3) is 6.94. The van der Waals surface area contributed by atoms with Crippen LogP contribution in [0.1, 0.15) is 43.7 Å². The van der Waals surface area contributed by atoms with Gasteiger partial charge in [0.15, 0.2) is 0 Å². The van der Waals surface area contributed by atoms with Gasteiger partial charge in [0.1, 0.15) is 5.75 Å². The fourth-order valence-corrected chi connectivity index (χ4v) is 5.54. The first-order valence-electron chi connectivity index (χ1n) is 12.4. The number of ether oxygens (including phenoxy) is 1. The highest BCUT2D eigenvalue weighted by molar-refractivity contribution is 7.88. The molecule has 0 radical (unpaired) electrons. The van der Waals surface area contributed by atoms with E-state index in [1.807, 2.05) is 25.1 Å². The normalized spacial score (nSPS) is 20.5. The Labute approximate surface area is 210 Å². The van der Waals surface area contributed by atoms with Crippen molar-refractivity contribution in [2.75, 3.05) is 19.4 Å². The summed E-state index contributed by atoms with van der Waals surface area (Å²) in [6.45, 7) is 3.82. The molecule has 1 fully saturated rings. The SMILES string of the molecule is CCOc1cccc([C@]2(CNS(C)(=O)=O)CC[C@@H](NCc3ccc(-c4ccccc4)cc3)CC2)c1. The maximum atomic E-state index is 11.9. The van der Waals surface area contributed by atoms with Crippen molar-refractivity contribution in [3.63, 3.8) is 0 Å². The predicted molar refractivity (Wildman–Crippen MR) is 143 cm³/mol. The second kappa shape index (κ2) is 11.4. The Hall–Kier alpha value is -2.67. The van der Waals surface area contributed by atoms with Crippen LogP contribution in [0.25, 0.3) is 11.1 Å². The van der Waals surface area contributed by atoms with Gasteiger partial charge < -0.3 is 10.1 Å². The average molecular weight is 493 g/mol. The number of hydrogen-bond acceptors (Lipinski definition) is 4. The van der Waals surface area contributed by atoms with E-state index in [9.17, 15) is 8.42 Å². The van der Waals surface area contributed by atoms with E-state index in [-0.39, 0.29) is 5.41 Å². The number of benzene rings is 3. The molecule has 2 N–H and O–H groups in total. The summed E-state index contributed by atoms with van der Waals surface area (Å²) in [5.41, 5.74) is 4.64. The van der Waals surface area contributed by atoms with Crippen LogP contribution in [0.4, 0.5) is 0 Å². The van der Waals surface area contributed by atoms with Gasteiger partial charge in [-0.2, -0.15) is 0 Å². The van der Waals surface area contributed by atoms with Crippen molar-refractivity contribution in [1.82, 2.24) is 10.0 Å². The highest BCUT2D eigenvalue weighted by atomic mass is 32.2. The topological polar surface area (TPSA) is 67.4 Å². The molecule has 1 saturated carbocycles. The lowest BCUT2D eigenvalue weighted by Gasteiger charge is -2.41. The van der Waals surface area contributed by atoms with Gasteiger partial charge in [-0.25, -0.2) is 13.1 Å². The van der Waals surface area contributed by atoms with Crippen LogP contribution in [0.2, 0.25) is 0 Å². The van der Waals surface area contributed by atoms with E-state index in [2.05, 4.69) is 70.7 Å². The van der Waals surface area contributed by atoms with Gasteiger partial charge in [-0.3, -0.25) is 0 Å². The minimum absolute atomic E-state index is 0.230. The van der Waals surface area contributed by atoms with Crippen molar-refractivity contribution in [2.24, 2.45) is 0 Å². The van der Waals surface area contributed by atoms with E-state index in [1.165, 1.54) is 22.9 Å². The highest BCUT2D eigenvalue weighted by Crippen LogP contribution is 2.40. The van der Waals surface area contributed by atoms with Crippen LogP contribution in [0.5, 0.6) is 5.75 Å². The summed E-state index contributed by atoms with van der Waals surface area (Å²) in [5, 5.41) is 3.73. The van der Waals surface area contributed by atoms with E-state index in [0.29, 0.717) is 19.2 Å². The molecule has 186 valence electrons. The molecule has 0 spiro atoms. The van der Waals surface area contributed by atoms with Gasteiger partial charge in [0, 0.05) is 24.5 Å². The molecule has 0 aromatic heterocycles. The van der Waals surface area contributed by atoms with Gasteiger partial charge in [-0.1, -0.05) is 66.7 Å². The second-order valence-electron chi connectivity index (χ2n) is 9.55. The first-order valence-corrected chi connectivity index (χ1v) is 14.3. The molecule has 0 saturated heterocycles. The van der Waals surface area contributed by atoms with Crippen LogP contribution in [0, 0.1) is 0 Å². The lowest BCUT2D eigenvalue weighted by Crippen LogP contribution is -2.46. The van der Waals surface area contributed by atoms with Crippen molar-refractivity contribution in [3.8, 4) is 16.9 Å². The second-order valence-corrected chi connectivity index (χ2v) is 11.4. The standard InChI is InChI=1S/C29H36N2O3S/c1-3-34-28-11-7-10-26(20-28)29(22-31-35(2,32)33)18-16-27(17-19-29)30-21-23-12-14-25(15-13-23)24-8-5-4-6-9-24/h4-15,20,27,30-31H,3,16-19,21-22H2,1-2H3/t27-,29-. The van der Waals surface area contributed by atoms with Crippen molar-refractivity contribution in [1.29, 1.82) is 0 Å². The third-order valence-corrected chi connectivity index (χ3v) is 7.70. The first-order chi connectivity index (χ1) is 16.9. The summed E-state index contributed by atoms with van der Waals surface area (Å²) < 4.78 is 32.3. The Morgan fingerprint density at radius 2 is 1.60 bits per heavy atom. The van der Waals surface area contributed by atoms with Gasteiger partial charge >= 0.3 is 0 Å². The first kappa shape index (κ1) is 25.4. The van der Waals surface area contributed by atoms with E-state index in [0.717, 1.165) is 43.5 Å². The Balaban J connectivity index is 1.39. The molecule has 0 bridgehead atoms. The van der Waals surface area contributed by atoms with Crippen molar-refractivity contribution in [3.05, 3.63) is 90.0 Å². The minimum atomic E-state index is -3.27. The summed E-state index contributed by atoms with van der Waals surface area (Å²) >= 11 is 0. The number of nitrogens with one attached hydrogen (secondary N) is 2. The molecule has 1 aliphatic carbocycles. The van der Waals surface area contributed by atoms with E-state index in [4.69, 9.17) is 4.74 Å².